The van der Waals surface area contributed by atoms with Gasteiger partial charge in [0.2, 0.25) is 10.0 Å². The molecule has 0 aromatic heterocycles. The number of rotatable bonds is 6. The lowest BCUT2D eigenvalue weighted by Crippen LogP contribution is -2.22. The van der Waals surface area contributed by atoms with Crippen LogP contribution in [0.25, 0.3) is 0 Å². The van der Waals surface area contributed by atoms with Gasteiger partial charge >= 0.3 is 5.97 Å². The highest BCUT2D eigenvalue weighted by atomic mass is 32.2. The van der Waals surface area contributed by atoms with Gasteiger partial charge in [-0.05, 0) is 37.1 Å². The van der Waals surface area contributed by atoms with Crippen LogP contribution in [0.15, 0.2) is 47.4 Å². The summed E-state index contributed by atoms with van der Waals surface area (Å²) in [5.41, 5.74) is 0.429. The Labute approximate surface area is 163 Å². The lowest BCUT2D eigenvalue weighted by atomic mass is 10.1. The fraction of sp³-hybridized carbons (Fsp3) is 0.263. The van der Waals surface area contributed by atoms with E-state index < -0.39 is 22.6 Å². The predicted octanol–water partition coefficient (Wildman–Crippen LogP) is 2.41. The summed E-state index contributed by atoms with van der Waals surface area (Å²) in [5, 5.41) is 14.0. The van der Waals surface area contributed by atoms with E-state index in [4.69, 9.17) is 19.9 Å². The molecule has 1 aliphatic heterocycles. The van der Waals surface area contributed by atoms with Crippen molar-refractivity contribution in [2.75, 3.05) is 24.6 Å². The molecule has 0 saturated carbocycles. The number of carbonyl (C=O) groups excluding carboxylic acids is 1. The Morgan fingerprint density at radius 1 is 1.18 bits per heavy atom. The van der Waals surface area contributed by atoms with Gasteiger partial charge in [0.1, 0.15) is 16.7 Å². The molecule has 1 heterocycles. The maximum atomic E-state index is 12.3. The van der Waals surface area contributed by atoms with E-state index in [0.29, 0.717) is 24.5 Å². The molecular formula is C19H19N3O5S. The minimum absolute atomic E-state index is 0.0124. The molecule has 2 N–H and O–H groups in total. The van der Waals surface area contributed by atoms with Crippen molar-refractivity contribution in [2.45, 2.75) is 17.7 Å². The molecule has 0 aliphatic carbocycles. The summed E-state index contributed by atoms with van der Waals surface area (Å²) >= 11 is 0. The van der Waals surface area contributed by atoms with Crippen LogP contribution in [-0.4, -0.2) is 34.1 Å². The van der Waals surface area contributed by atoms with Gasteiger partial charge in [0, 0.05) is 13.1 Å². The third-order valence-electron chi connectivity index (χ3n) is 4.26. The van der Waals surface area contributed by atoms with E-state index >= 15 is 0 Å². The number of para-hydroxylation sites is 1. The van der Waals surface area contributed by atoms with Gasteiger partial charge in [-0.3, -0.25) is 0 Å². The van der Waals surface area contributed by atoms with Crippen LogP contribution in [0.5, 0.6) is 11.5 Å². The number of nitrogens with zero attached hydrogens (tertiary/aromatic N) is 2. The first kappa shape index (κ1) is 19.7. The average Bonchev–Trinajstić information content (AvgIpc) is 3.20. The average molecular weight is 401 g/mol. The number of ether oxygens (including phenoxy) is 2. The number of benzene rings is 2. The van der Waals surface area contributed by atoms with E-state index in [1.807, 2.05) is 11.0 Å². The van der Waals surface area contributed by atoms with Crippen LogP contribution < -0.4 is 14.8 Å². The zero-order valence-electron chi connectivity index (χ0n) is 15.0. The van der Waals surface area contributed by atoms with E-state index in [9.17, 15) is 13.2 Å². The molecule has 3 rings (SSSR count). The highest BCUT2D eigenvalue weighted by Crippen LogP contribution is 2.40. The van der Waals surface area contributed by atoms with Crippen molar-refractivity contribution in [1.82, 2.24) is 0 Å². The maximum Gasteiger partial charge on any atom is 0.339 e. The molecule has 0 unspecified atom stereocenters. The van der Waals surface area contributed by atoms with Gasteiger partial charge in [-0.15, -0.1) is 0 Å². The Balaban J connectivity index is 2.16. The number of nitriles is 1. The fourth-order valence-electron chi connectivity index (χ4n) is 3.00. The van der Waals surface area contributed by atoms with Crippen LogP contribution in [0.4, 0.5) is 5.69 Å². The number of primary sulfonamides is 1. The zero-order chi connectivity index (χ0) is 20.1. The van der Waals surface area contributed by atoms with Crippen molar-refractivity contribution in [1.29, 1.82) is 5.26 Å². The number of nitrogens with two attached hydrogens (primary N) is 1. The quantitative estimate of drug-likeness (QED) is 0.737. The van der Waals surface area contributed by atoms with Crippen LogP contribution >= 0.6 is 0 Å². The molecule has 1 saturated heterocycles. The molecule has 9 heteroatoms. The first-order valence-corrected chi connectivity index (χ1v) is 10.2. The van der Waals surface area contributed by atoms with Crippen molar-refractivity contribution in [3.63, 3.8) is 0 Å². The number of sulfonamides is 1. The minimum atomic E-state index is -4.21. The van der Waals surface area contributed by atoms with Crippen LogP contribution in [-0.2, 0) is 14.8 Å². The number of anilines is 1. The highest BCUT2D eigenvalue weighted by Gasteiger charge is 2.27. The van der Waals surface area contributed by atoms with Gasteiger partial charge in [0.15, 0.2) is 12.4 Å². The number of hydrogen-bond acceptors (Lipinski definition) is 7. The van der Waals surface area contributed by atoms with Crippen LogP contribution in [0.3, 0.4) is 0 Å². The Morgan fingerprint density at radius 3 is 2.46 bits per heavy atom. The van der Waals surface area contributed by atoms with Gasteiger partial charge in [-0.25, -0.2) is 18.4 Å². The predicted molar refractivity (Wildman–Crippen MR) is 102 cm³/mol. The normalized spacial score (nSPS) is 13.8. The SMILES string of the molecule is N#CCOC(=O)c1cc(N2CCCC2)c(Oc2ccccc2)c(S(N)(=O)=O)c1. The summed E-state index contributed by atoms with van der Waals surface area (Å²) in [6.45, 7) is 0.933. The highest BCUT2D eigenvalue weighted by molar-refractivity contribution is 7.89. The molecule has 0 spiro atoms. The van der Waals surface area contributed by atoms with Gasteiger partial charge in [0.25, 0.3) is 0 Å². The standard InChI is InChI=1S/C19H19N3O5S/c20-8-11-26-19(23)14-12-16(22-9-4-5-10-22)18(17(13-14)28(21,24)25)27-15-6-2-1-3-7-15/h1-3,6-7,12-13H,4-5,9-11H2,(H2,21,24,25). The molecule has 28 heavy (non-hydrogen) atoms. The lowest BCUT2D eigenvalue weighted by molar-refractivity contribution is 0.0554. The second-order valence-corrected chi connectivity index (χ2v) is 7.74. The molecule has 146 valence electrons. The Kier molecular flexibility index (Phi) is 5.82. The van der Waals surface area contributed by atoms with E-state index in [0.717, 1.165) is 18.9 Å². The molecule has 0 amide bonds. The van der Waals surface area contributed by atoms with Crippen molar-refractivity contribution in [3.8, 4) is 17.6 Å². The Bertz CT molecular complexity index is 1010. The van der Waals surface area contributed by atoms with Crippen LogP contribution in [0.1, 0.15) is 23.2 Å². The summed E-state index contributed by atoms with van der Waals surface area (Å²) < 4.78 is 35.3. The molecule has 2 aromatic carbocycles. The number of esters is 1. The Morgan fingerprint density at radius 2 is 1.86 bits per heavy atom. The second kappa shape index (κ2) is 8.29. The third kappa shape index (κ3) is 4.42. The molecule has 1 aliphatic rings. The number of hydrogen-bond donors (Lipinski definition) is 1. The van der Waals surface area contributed by atoms with E-state index in [-0.39, 0.29) is 16.2 Å². The minimum Gasteiger partial charge on any atom is -0.454 e. The number of carbonyl (C=O) groups is 1. The van der Waals surface area contributed by atoms with Gasteiger partial charge in [-0.2, -0.15) is 5.26 Å². The molecule has 1 fully saturated rings. The monoisotopic (exact) mass is 401 g/mol. The maximum absolute atomic E-state index is 12.3. The third-order valence-corrected chi connectivity index (χ3v) is 5.17. The van der Waals surface area contributed by atoms with E-state index in [2.05, 4.69) is 0 Å². The van der Waals surface area contributed by atoms with Crippen LogP contribution in [0.2, 0.25) is 0 Å². The van der Waals surface area contributed by atoms with Crippen molar-refractivity contribution in [2.24, 2.45) is 5.14 Å². The topological polar surface area (TPSA) is 123 Å². The van der Waals surface area contributed by atoms with Crippen molar-refractivity contribution >= 4 is 21.7 Å². The molecule has 2 aromatic rings. The Hall–Kier alpha value is -3.09. The summed E-state index contributed by atoms with van der Waals surface area (Å²) in [7, 11) is -4.21. The van der Waals surface area contributed by atoms with Crippen LogP contribution in [0, 0.1) is 11.3 Å². The van der Waals surface area contributed by atoms with Gasteiger partial charge < -0.3 is 14.4 Å². The van der Waals surface area contributed by atoms with Gasteiger partial charge in [0.05, 0.1) is 11.3 Å². The van der Waals surface area contributed by atoms with Gasteiger partial charge in [-0.1, -0.05) is 18.2 Å². The first-order valence-electron chi connectivity index (χ1n) is 8.63. The van der Waals surface area contributed by atoms with E-state index in [1.165, 1.54) is 6.07 Å². The van der Waals surface area contributed by atoms with E-state index in [1.54, 1.807) is 30.3 Å². The summed E-state index contributed by atoms with van der Waals surface area (Å²) in [6.07, 6.45) is 1.86. The summed E-state index contributed by atoms with van der Waals surface area (Å²) in [5.74, 6) is -0.307. The molecular weight excluding hydrogens is 382 g/mol. The zero-order valence-corrected chi connectivity index (χ0v) is 15.8. The molecule has 0 atom stereocenters. The molecule has 8 nitrogen and oxygen atoms in total. The first-order chi connectivity index (χ1) is 13.4. The van der Waals surface area contributed by atoms with Crippen molar-refractivity contribution in [3.05, 3.63) is 48.0 Å². The second-order valence-electron chi connectivity index (χ2n) is 6.21. The van der Waals surface area contributed by atoms with Crippen molar-refractivity contribution < 1.29 is 22.7 Å². The summed E-state index contributed by atoms with van der Waals surface area (Å²) in [4.78, 5) is 13.9. The lowest BCUT2D eigenvalue weighted by Gasteiger charge is -2.23. The molecule has 0 bridgehead atoms. The fourth-order valence-corrected chi connectivity index (χ4v) is 3.70. The summed E-state index contributed by atoms with van der Waals surface area (Å²) in [6, 6.07) is 13.0. The smallest absolute Gasteiger partial charge is 0.339 e. The molecule has 0 radical (unpaired) electrons. The largest absolute Gasteiger partial charge is 0.454 e.